The number of benzene rings is 1. The molecule has 1 amide bonds. The van der Waals surface area contributed by atoms with Crippen LogP contribution in [0.25, 0.3) is 11.1 Å². The van der Waals surface area contributed by atoms with Crippen LogP contribution in [0, 0.1) is 5.41 Å². The van der Waals surface area contributed by atoms with Crippen molar-refractivity contribution in [3.8, 4) is 11.1 Å². The Balaban J connectivity index is 1.72. The minimum atomic E-state index is -0.0679. The number of ether oxygens (including phenoxy) is 1. The van der Waals surface area contributed by atoms with E-state index in [1.807, 2.05) is 24.3 Å². The predicted octanol–water partition coefficient (Wildman–Crippen LogP) is 2.88. The third kappa shape index (κ3) is 3.41. The van der Waals surface area contributed by atoms with E-state index in [-0.39, 0.29) is 11.3 Å². The maximum atomic E-state index is 12.5. The van der Waals surface area contributed by atoms with E-state index in [2.05, 4.69) is 10.3 Å². The van der Waals surface area contributed by atoms with E-state index in [0.29, 0.717) is 24.4 Å². The van der Waals surface area contributed by atoms with Gasteiger partial charge in [0.05, 0.1) is 6.61 Å². The average Bonchev–Trinajstić information content (AvgIpc) is 2.57. The Morgan fingerprint density at radius 2 is 2.21 bits per heavy atom. The number of nitrogens with two attached hydrogens (primary N) is 1. The van der Waals surface area contributed by atoms with Gasteiger partial charge < -0.3 is 15.8 Å². The molecule has 0 atom stereocenters. The second kappa shape index (κ2) is 7.01. The monoisotopic (exact) mass is 325 g/mol. The number of carbonyl (C=O) groups excluding carboxylic acids is 1. The van der Waals surface area contributed by atoms with Crippen LogP contribution in [-0.4, -0.2) is 31.2 Å². The van der Waals surface area contributed by atoms with Crippen LogP contribution in [0.3, 0.4) is 0 Å². The summed E-state index contributed by atoms with van der Waals surface area (Å²) < 4.78 is 5.31. The molecule has 0 aliphatic heterocycles. The fraction of sp³-hybridized carbons (Fsp3) is 0.368. The zero-order chi connectivity index (χ0) is 17.0. The molecule has 1 aliphatic carbocycles. The number of hydrogen-bond donors (Lipinski definition) is 2. The first-order valence-electron chi connectivity index (χ1n) is 8.21. The minimum absolute atomic E-state index is 0.0679. The molecule has 1 saturated carbocycles. The number of rotatable bonds is 6. The SMILES string of the molecule is COCC1(CNC(=O)c2cccc(-c3cnccc3N)c2)CCC1. The maximum absolute atomic E-state index is 12.5. The van der Waals surface area contributed by atoms with Gasteiger partial charge in [-0.3, -0.25) is 9.78 Å². The molecule has 5 nitrogen and oxygen atoms in total. The number of hydrogen-bond acceptors (Lipinski definition) is 4. The molecular weight excluding hydrogens is 302 g/mol. The lowest BCUT2D eigenvalue weighted by Crippen LogP contribution is -2.45. The number of aromatic nitrogens is 1. The van der Waals surface area contributed by atoms with Crippen molar-refractivity contribution in [1.82, 2.24) is 10.3 Å². The molecule has 1 fully saturated rings. The van der Waals surface area contributed by atoms with Crippen molar-refractivity contribution in [1.29, 1.82) is 0 Å². The third-order valence-electron chi connectivity index (χ3n) is 4.78. The van der Waals surface area contributed by atoms with Crippen molar-refractivity contribution in [2.24, 2.45) is 5.41 Å². The normalized spacial score (nSPS) is 15.5. The van der Waals surface area contributed by atoms with Crippen LogP contribution < -0.4 is 11.1 Å². The van der Waals surface area contributed by atoms with E-state index in [1.165, 1.54) is 6.42 Å². The van der Waals surface area contributed by atoms with E-state index in [9.17, 15) is 4.79 Å². The molecule has 3 rings (SSSR count). The molecular formula is C19H23N3O2. The van der Waals surface area contributed by atoms with Gasteiger partial charge in [0.25, 0.3) is 5.91 Å². The standard InChI is InChI=1S/C19H23N3O2/c1-24-13-19(7-3-8-19)12-22-18(23)15-5-2-4-14(10-15)16-11-21-9-6-17(16)20/h2,4-6,9-11H,3,7-8,12-13H2,1H3,(H2,20,21)(H,22,23). The Morgan fingerprint density at radius 3 is 2.88 bits per heavy atom. The Bertz CT molecular complexity index is 726. The van der Waals surface area contributed by atoms with Crippen LogP contribution >= 0.6 is 0 Å². The summed E-state index contributed by atoms with van der Waals surface area (Å²) in [5, 5.41) is 3.05. The van der Waals surface area contributed by atoms with Gasteiger partial charge >= 0.3 is 0 Å². The maximum Gasteiger partial charge on any atom is 0.251 e. The fourth-order valence-corrected chi connectivity index (χ4v) is 3.20. The van der Waals surface area contributed by atoms with Crippen LogP contribution in [-0.2, 0) is 4.74 Å². The first-order chi connectivity index (χ1) is 11.6. The summed E-state index contributed by atoms with van der Waals surface area (Å²) in [6, 6.07) is 9.22. The number of methoxy groups -OCH3 is 1. The second-order valence-electron chi connectivity index (χ2n) is 6.51. The van der Waals surface area contributed by atoms with Crippen LogP contribution in [0.2, 0.25) is 0 Å². The third-order valence-corrected chi connectivity index (χ3v) is 4.78. The molecule has 1 heterocycles. The summed E-state index contributed by atoms with van der Waals surface area (Å²) in [5.41, 5.74) is 9.11. The first-order valence-corrected chi connectivity index (χ1v) is 8.21. The van der Waals surface area contributed by atoms with Crippen molar-refractivity contribution in [3.63, 3.8) is 0 Å². The Kier molecular flexibility index (Phi) is 4.81. The highest BCUT2D eigenvalue weighted by Crippen LogP contribution is 2.40. The van der Waals surface area contributed by atoms with Crippen LogP contribution in [0.15, 0.2) is 42.7 Å². The number of pyridine rings is 1. The van der Waals surface area contributed by atoms with Crippen molar-refractivity contribution >= 4 is 11.6 Å². The molecule has 2 aromatic rings. The number of carbonyl (C=O) groups is 1. The highest BCUT2D eigenvalue weighted by atomic mass is 16.5. The quantitative estimate of drug-likeness (QED) is 0.856. The summed E-state index contributed by atoms with van der Waals surface area (Å²) in [6.07, 6.45) is 6.79. The van der Waals surface area contributed by atoms with Gasteiger partial charge in [-0.15, -0.1) is 0 Å². The predicted molar refractivity (Wildman–Crippen MR) is 94.6 cm³/mol. The molecule has 1 aromatic heterocycles. The van der Waals surface area contributed by atoms with E-state index in [1.54, 1.807) is 25.6 Å². The van der Waals surface area contributed by atoms with Crippen LogP contribution in [0.1, 0.15) is 29.6 Å². The minimum Gasteiger partial charge on any atom is -0.398 e. The van der Waals surface area contributed by atoms with Gasteiger partial charge in [0.1, 0.15) is 0 Å². The van der Waals surface area contributed by atoms with Crippen molar-refractivity contribution in [3.05, 3.63) is 48.3 Å². The molecule has 24 heavy (non-hydrogen) atoms. The van der Waals surface area contributed by atoms with E-state index < -0.39 is 0 Å². The summed E-state index contributed by atoms with van der Waals surface area (Å²) in [6.45, 7) is 1.35. The highest BCUT2D eigenvalue weighted by molar-refractivity contribution is 5.95. The molecule has 1 aromatic carbocycles. The molecule has 126 valence electrons. The fourth-order valence-electron chi connectivity index (χ4n) is 3.20. The Morgan fingerprint density at radius 1 is 1.38 bits per heavy atom. The van der Waals surface area contributed by atoms with E-state index in [4.69, 9.17) is 10.5 Å². The number of anilines is 1. The van der Waals surface area contributed by atoms with Crippen molar-refractivity contribution in [2.45, 2.75) is 19.3 Å². The van der Waals surface area contributed by atoms with Gasteiger partial charge in [0, 0.05) is 48.3 Å². The van der Waals surface area contributed by atoms with Gasteiger partial charge in [0.15, 0.2) is 0 Å². The summed E-state index contributed by atoms with van der Waals surface area (Å²) in [7, 11) is 1.71. The lowest BCUT2D eigenvalue weighted by Gasteiger charge is -2.41. The van der Waals surface area contributed by atoms with E-state index >= 15 is 0 Å². The number of nitrogens with zero attached hydrogens (tertiary/aromatic N) is 1. The van der Waals surface area contributed by atoms with Gasteiger partial charge in [-0.1, -0.05) is 18.6 Å². The lowest BCUT2D eigenvalue weighted by atomic mass is 9.69. The largest absolute Gasteiger partial charge is 0.398 e. The first kappa shape index (κ1) is 16.5. The molecule has 1 aliphatic rings. The summed E-state index contributed by atoms with van der Waals surface area (Å²) in [4.78, 5) is 16.6. The zero-order valence-corrected chi connectivity index (χ0v) is 13.9. The van der Waals surface area contributed by atoms with Crippen molar-refractivity contribution in [2.75, 3.05) is 26.0 Å². The highest BCUT2D eigenvalue weighted by Gasteiger charge is 2.37. The molecule has 0 unspecified atom stereocenters. The van der Waals surface area contributed by atoms with Gasteiger partial charge in [-0.2, -0.15) is 0 Å². The molecule has 5 heteroatoms. The molecule has 0 bridgehead atoms. The van der Waals surface area contributed by atoms with Gasteiger partial charge in [-0.05, 0) is 36.6 Å². The van der Waals surface area contributed by atoms with Crippen LogP contribution in [0.5, 0.6) is 0 Å². The number of amides is 1. The van der Waals surface area contributed by atoms with Crippen LogP contribution in [0.4, 0.5) is 5.69 Å². The number of nitrogen functional groups attached to an aromatic ring is 1. The molecule has 3 N–H and O–H groups in total. The zero-order valence-electron chi connectivity index (χ0n) is 13.9. The van der Waals surface area contributed by atoms with Gasteiger partial charge in [-0.25, -0.2) is 0 Å². The number of nitrogens with one attached hydrogen (secondary N) is 1. The topological polar surface area (TPSA) is 77.2 Å². The molecule has 0 spiro atoms. The van der Waals surface area contributed by atoms with E-state index in [0.717, 1.165) is 24.0 Å². The second-order valence-corrected chi connectivity index (χ2v) is 6.51. The van der Waals surface area contributed by atoms with Gasteiger partial charge in [0.2, 0.25) is 0 Å². The molecule has 0 radical (unpaired) electrons. The molecule has 0 saturated heterocycles. The Hall–Kier alpha value is -2.40. The summed E-state index contributed by atoms with van der Waals surface area (Å²) in [5.74, 6) is -0.0679. The van der Waals surface area contributed by atoms with Crippen molar-refractivity contribution < 1.29 is 9.53 Å². The lowest BCUT2D eigenvalue weighted by molar-refractivity contribution is 0.0180. The Labute approximate surface area is 142 Å². The summed E-state index contributed by atoms with van der Waals surface area (Å²) >= 11 is 0. The average molecular weight is 325 g/mol. The smallest absolute Gasteiger partial charge is 0.251 e.